The van der Waals surface area contributed by atoms with Crippen LogP contribution in [-0.4, -0.2) is 32.8 Å². The molecule has 0 aliphatic heterocycles. The van der Waals surface area contributed by atoms with Crippen molar-refractivity contribution in [2.24, 2.45) is 0 Å². The molecule has 0 atom stereocenters. The fourth-order valence-corrected chi connectivity index (χ4v) is 15.4. The van der Waals surface area contributed by atoms with E-state index in [1.165, 1.54) is 43.1 Å². The molecule has 280 valence electrons. The van der Waals surface area contributed by atoms with Gasteiger partial charge in [-0.15, -0.1) is 0 Å². The summed E-state index contributed by atoms with van der Waals surface area (Å²) in [5.74, 6) is 0. The van der Waals surface area contributed by atoms with Crippen LogP contribution >= 0.6 is 28.1 Å². The normalized spacial score (nSPS) is 12.1. The van der Waals surface area contributed by atoms with Crippen molar-refractivity contribution in [2.45, 2.75) is 0 Å². The average Bonchev–Trinajstić information content (AvgIpc) is 3.26. The minimum absolute atomic E-state index is 0.389. The Hall–Kier alpha value is -4.84. The van der Waals surface area contributed by atoms with E-state index >= 15 is 0 Å². The molecule has 0 spiro atoms. The van der Waals surface area contributed by atoms with Gasteiger partial charge in [-0.1, -0.05) is 121 Å². The average molecular weight is 830 g/mol. The van der Waals surface area contributed by atoms with Crippen molar-refractivity contribution in [1.82, 2.24) is 0 Å². The Balaban J connectivity index is 0.000000170. The van der Waals surface area contributed by atoms with Crippen LogP contribution in [0.2, 0.25) is 0 Å². The maximum absolute atomic E-state index is 4.46. The molecule has 56 heavy (non-hydrogen) atoms. The first-order chi connectivity index (χ1) is 27.2. The molecule has 0 nitrogen and oxygen atoms in total. The van der Waals surface area contributed by atoms with Gasteiger partial charge in [-0.3, -0.25) is 0 Å². The number of hydrogen-bond donors (Lipinski definition) is 0. The SMILES string of the molecule is BrP(c1ccccc1)(c1ccccc1)(c1ccccc1)c1ccccc1.C[P+](C)(C)C.c1ccc([B-](c2ccccc2)(c2ccccc2)c2ccccc2)cc1. The van der Waals surface area contributed by atoms with Crippen LogP contribution in [0.4, 0.5) is 0 Å². The van der Waals surface area contributed by atoms with Crippen LogP contribution in [0, 0.1) is 0 Å². The van der Waals surface area contributed by atoms with E-state index in [2.05, 4.69) is 285 Å². The van der Waals surface area contributed by atoms with Crippen molar-refractivity contribution in [3.63, 3.8) is 0 Å². The first-order valence-corrected chi connectivity index (χ1v) is 27.1. The third kappa shape index (κ3) is 8.60. The fraction of sp³-hybridized carbons (Fsp3) is 0.0769. The predicted octanol–water partition coefficient (Wildman–Crippen LogP) is 9.74. The second-order valence-electron chi connectivity index (χ2n) is 15.5. The van der Waals surface area contributed by atoms with Crippen LogP contribution in [0.25, 0.3) is 0 Å². The van der Waals surface area contributed by atoms with E-state index in [-0.39, 0.29) is 7.26 Å². The van der Waals surface area contributed by atoms with Gasteiger partial charge in [0.05, 0.1) is 0 Å². The number of benzene rings is 8. The molecule has 8 aromatic carbocycles. The zero-order valence-electron chi connectivity index (χ0n) is 32.9. The smallest absolute Gasteiger partial charge is 0.108 e. The molecule has 0 radical (unpaired) electrons. The molecule has 0 aliphatic rings. The zero-order chi connectivity index (χ0) is 39.4. The van der Waals surface area contributed by atoms with Gasteiger partial charge in [0.1, 0.15) is 6.15 Å². The summed E-state index contributed by atoms with van der Waals surface area (Å²) in [5.41, 5.74) is 5.36. The Morgan fingerprint density at radius 2 is 0.429 bits per heavy atom. The van der Waals surface area contributed by atoms with Crippen LogP contribution < -0.4 is 43.1 Å². The summed E-state index contributed by atoms with van der Waals surface area (Å²) in [5, 5.41) is 2.23. The summed E-state index contributed by atoms with van der Waals surface area (Å²) in [6.45, 7) is 9.19. The molecular formula is C52H52BBrP2. The zero-order valence-corrected chi connectivity index (χ0v) is 36.3. The van der Waals surface area contributed by atoms with E-state index < -0.39 is 11.5 Å². The van der Waals surface area contributed by atoms with Gasteiger partial charge in [0.2, 0.25) is 0 Å². The largest absolute Gasteiger partial charge is 0.195 e. The van der Waals surface area contributed by atoms with E-state index in [0.717, 1.165) is 0 Å². The van der Waals surface area contributed by atoms with Crippen molar-refractivity contribution in [1.29, 1.82) is 0 Å². The third-order valence-corrected chi connectivity index (χ3v) is 20.1. The van der Waals surface area contributed by atoms with Gasteiger partial charge in [-0.2, -0.15) is 21.9 Å². The van der Waals surface area contributed by atoms with Crippen LogP contribution in [0.5, 0.6) is 0 Å². The Kier molecular flexibility index (Phi) is 13.4. The molecule has 0 aromatic heterocycles. The van der Waals surface area contributed by atoms with Gasteiger partial charge in [-0.05, 0) is 0 Å². The fourth-order valence-electron chi connectivity index (χ4n) is 7.85. The van der Waals surface area contributed by atoms with E-state index in [4.69, 9.17) is 0 Å². The molecule has 0 aliphatic carbocycles. The van der Waals surface area contributed by atoms with Crippen LogP contribution in [0.15, 0.2) is 243 Å². The molecule has 8 aromatic rings. The van der Waals surface area contributed by atoms with Crippen LogP contribution in [0.1, 0.15) is 0 Å². The van der Waals surface area contributed by atoms with Gasteiger partial charge in [0, 0.05) is 33.9 Å². The first kappa shape index (κ1) is 40.8. The van der Waals surface area contributed by atoms with E-state index in [1.807, 2.05) is 0 Å². The number of hydrogen-bond acceptors (Lipinski definition) is 0. The summed E-state index contributed by atoms with van der Waals surface area (Å²) in [7, 11) is -0.389. The molecule has 0 fully saturated rings. The molecule has 0 saturated carbocycles. The maximum Gasteiger partial charge on any atom is 0.108 e. The monoisotopic (exact) mass is 828 g/mol. The van der Waals surface area contributed by atoms with E-state index in [1.54, 1.807) is 0 Å². The molecule has 0 bridgehead atoms. The molecule has 0 heterocycles. The molecule has 0 unspecified atom stereocenters. The molecule has 4 heteroatoms. The number of halogens is 1. The minimum atomic E-state index is -3.00. The van der Waals surface area contributed by atoms with Crippen molar-refractivity contribution in [3.05, 3.63) is 243 Å². The topological polar surface area (TPSA) is 0 Å². The number of rotatable bonds is 8. The standard InChI is InChI=1S/C24H20B.C24H20BrP.C4H12P/c1-5-13-21(14-6-1)25(22-15-7-2-8-16-22,23-17-9-3-10-18-23)24-19-11-4-12-20-24;25-26(21-13-5-1-6-14-21,22-15-7-2-8-16-22,23-17-9-3-10-18-23)24-19-11-4-12-20-24;1-5(2,3)4/h1-20H;1-20H;1-4H3/q-1;;+1. The van der Waals surface area contributed by atoms with E-state index in [9.17, 15) is 0 Å². The molecular weight excluding hydrogens is 777 g/mol. The summed E-state index contributed by atoms with van der Waals surface area (Å²) in [6, 6.07) is 86.9. The second kappa shape index (κ2) is 18.4. The quantitative estimate of drug-likeness (QED) is 0.106. The van der Waals surface area contributed by atoms with Crippen LogP contribution in [0.3, 0.4) is 0 Å². The molecule has 0 N–H and O–H groups in total. The van der Waals surface area contributed by atoms with Crippen LogP contribution in [-0.2, 0) is 0 Å². The van der Waals surface area contributed by atoms with Crippen molar-refractivity contribution in [3.8, 4) is 0 Å². The van der Waals surface area contributed by atoms with Gasteiger partial charge >= 0.3 is 163 Å². The van der Waals surface area contributed by atoms with Gasteiger partial charge in [0.15, 0.2) is 0 Å². The molecule has 8 rings (SSSR count). The summed E-state index contributed by atoms with van der Waals surface area (Å²) >= 11 is 4.46. The molecule has 0 amide bonds. The van der Waals surface area contributed by atoms with E-state index in [0.29, 0.717) is 0 Å². The summed E-state index contributed by atoms with van der Waals surface area (Å²) in [4.78, 5) is 0. The Morgan fingerprint density at radius 3 is 0.589 bits per heavy atom. The third-order valence-electron chi connectivity index (χ3n) is 10.2. The van der Waals surface area contributed by atoms with Crippen molar-refractivity contribution >= 4 is 77.3 Å². The first-order valence-electron chi connectivity index (χ1n) is 19.3. The van der Waals surface area contributed by atoms with Gasteiger partial charge in [0.25, 0.3) is 0 Å². The second-order valence-corrected chi connectivity index (χ2v) is 29.2. The van der Waals surface area contributed by atoms with Gasteiger partial charge in [-0.25, -0.2) is 0 Å². The molecule has 0 saturated heterocycles. The van der Waals surface area contributed by atoms with Crippen molar-refractivity contribution in [2.75, 3.05) is 26.7 Å². The van der Waals surface area contributed by atoms with Gasteiger partial charge < -0.3 is 0 Å². The Morgan fingerprint density at radius 1 is 0.286 bits per heavy atom. The summed E-state index contributed by atoms with van der Waals surface area (Å²) < 4.78 is 0. The maximum atomic E-state index is 4.46. The Bertz CT molecular complexity index is 2000. The summed E-state index contributed by atoms with van der Waals surface area (Å²) in [6.07, 6.45) is -1.22. The van der Waals surface area contributed by atoms with Crippen molar-refractivity contribution < 1.29 is 0 Å². The Labute approximate surface area is 344 Å². The minimum Gasteiger partial charge on any atom is -0.195 e. The predicted molar refractivity (Wildman–Crippen MR) is 261 cm³/mol.